The highest BCUT2D eigenvalue weighted by Crippen LogP contribution is 2.35. The van der Waals surface area contributed by atoms with Crippen molar-refractivity contribution in [3.63, 3.8) is 0 Å². The Hall–Kier alpha value is -5.14. The van der Waals surface area contributed by atoms with Gasteiger partial charge in [0, 0.05) is 32.1 Å². The Balaban J connectivity index is 1.25. The van der Waals surface area contributed by atoms with E-state index >= 15 is 0 Å². The Kier molecular flexibility index (Phi) is 10.7. The molecule has 46 heavy (non-hydrogen) atoms. The number of thiophene rings is 1. The van der Waals surface area contributed by atoms with Crippen molar-refractivity contribution in [2.75, 3.05) is 16.4 Å². The van der Waals surface area contributed by atoms with Crippen LogP contribution in [0.2, 0.25) is 5.02 Å². The molecule has 0 saturated heterocycles. The van der Waals surface area contributed by atoms with Gasteiger partial charge in [-0.1, -0.05) is 83.9 Å². The number of nitrogens with one attached hydrogen (secondary N) is 3. The van der Waals surface area contributed by atoms with Gasteiger partial charge in [0.25, 0.3) is 11.8 Å². The van der Waals surface area contributed by atoms with Crippen LogP contribution in [0.15, 0.2) is 119 Å². The summed E-state index contributed by atoms with van der Waals surface area (Å²) in [7, 11) is 0. The lowest BCUT2D eigenvalue weighted by atomic mass is 10.0. The molecule has 0 aliphatic carbocycles. The summed E-state index contributed by atoms with van der Waals surface area (Å²) < 4.78 is 0. The molecule has 0 aliphatic rings. The van der Waals surface area contributed by atoms with Gasteiger partial charge in [-0.25, -0.2) is 0 Å². The zero-order valence-corrected chi connectivity index (χ0v) is 26.9. The topological polar surface area (TPSA) is 111 Å². The van der Waals surface area contributed by atoms with Gasteiger partial charge in [-0.15, -0.1) is 23.1 Å². The number of carbonyl (C=O) groups is 3. The number of nitriles is 1. The Labute approximate surface area is 279 Å². The lowest BCUT2D eigenvalue weighted by molar-refractivity contribution is -0.114. The molecule has 1 heterocycles. The molecule has 3 amide bonds. The fourth-order valence-corrected chi connectivity index (χ4v) is 6.25. The van der Waals surface area contributed by atoms with Crippen molar-refractivity contribution < 1.29 is 14.4 Å². The molecule has 3 N–H and O–H groups in total. The predicted molar refractivity (Wildman–Crippen MR) is 187 cm³/mol. The molecule has 1 aromatic heterocycles. The Bertz CT molecular complexity index is 1970. The molecule has 5 rings (SSSR count). The number of carbonyl (C=O) groups excluding carboxylic acids is 3. The van der Waals surface area contributed by atoms with E-state index in [0.717, 1.165) is 21.6 Å². The van der Waals surface area contributed by atoms with Crippen LogP contribution in [-0.2, 0) is 9.59 Å². The average Bonchev–Trinajstić information content (AvgIpc) is 3.47. The van der Waals surface area contributed by atoms with Crippen LogP contribution < -0.4 is 16.0 Å². The monoisotopic (exact) mass is 662 g/mol. The van der Waals surface area contributed by atoms with E-state index in [-0.39, 0.29) is 17.4 Å². The number of anilines is 2. The lowest BCUT2D eigenvalue weighted by Crippen LogP contribution is -2.30. The fourth-order valence-electron chi connectivity index (χ4n) is 4.37. The van der Waals surface area contributed by atoms with E-state index in [1.165, 1.54) is 29.2 Å². The van der Waals surface area contributed by atoms with Crippen LogP contribution in [0.25, 0.3) is 17.2 Å². The molecular formula is C36H27ClN4O3S2. The second kappa shape index (κ2) is 15.2. The number of nitrogens with zero attached hydrogens (tertiary/aromatic N) is 1. The van der Waals surface area contributed by atoms with E-state index in [0.29, 0.717) is 32.4 Å². The summed E-state index contributed by atoms with van der Waals surface area (Å²) in [6, 6.07) is 32.7. The van der Waals surface area contributed by atoms with Crippen molar-refractivity contribution in [1.82, 2.24) is 5.32 Å². The second-order valence-electron chi connectivity index (χ2n) is 10.0. The Morgan fingerprint density at radius 2 is 1.65 bits per heavy atom. The van der Waals surface area contributed by atoms with E-state index in [1.54, 1.807) is 72.8 Å². The number of benzene rings is 4. The van der Waals surface area contributed by atoms with Gasteiger partial charge in [0.05, 0.1) is 11.3 Å². The minimum absolute atomic E-state index is 0.00800. The number of amides is 3. The van der Waals surface area contributed by atoms with E-state index in [2.05, 4.69) is 22.0 Å². The van der Waals surface area contributed by atoms with Gasteiger partial charge in [-0.3, -0.25) is 14.4 Å². The smallest absolute Gasteiger partial charge is 0.272 e. The largest absolute Gasteiger partial charge is 0.321 e. The molecule has 0 bridgehead atoms. The highest BCUT2D eigenvalue weighted by Gasteiger charge is 2.17. The maximum absolute atomic E-state index is 13.4. The summed E-state index contributed by atoms with van der Waals surface area (Å²) in [5.41, 5.74) is 4.68. The molecule has 0 saturated carbocycles. The summed E-state index contributed by atoms with van der Waals surface area (Å²) in [5, 5.41) is 21.0. The molecule has 10 heteroatoms. The van der Waals surface area contributed by atoms with Crippen molar-refractivity contribution in [1.29, 1.82) is 5.26 Å². The molecule has 228 valence electrons. The molecule has 0 unspecified atom stereocenters. The van der Waals surface area contributed by atoms with Gasteiger partial charge >= 0.3 is 0 Å². The first kappa shape index (κ1) is 32.3. The van der Waals surface area contributed by atoms with Crippen molar-refractivity contribution >= 4 is 69.2 Å². The van der Waals surface area contributed by atoms with Gasteiger partial charge in [0.1, 0.15) is 16.8 Å². The quantitative estimate of drug-likeness (QED) is 0.103. The number of thioether (sulfide) groups is 1. The summed E-state index contributed by atoms with van der Waals surface area (Å²) in [6.07, 6.45) is 1.52. The third kappa shape index (κ3) is 8.31. The van der Waals surface area contributed by atoms with E-state index in [9.17, 15) is 19.6 Å². The van der Waals surface area contributed by atoms with E-state index < -0.39 is 11.8 Å². The van der Waals surface area contributed by atoms with Crippen molar-refractivity contribution in [2.24, 2.45) is 0 Å². The zero-order valence-electron chi connectivity index (χ0n) is 24.5. The van der Waals surface area contributed by atoms with Crippen LogP contribution in [0.3, 0.4) is 0 Å². The van der Waals surface area contributed by atoms with Crippen LogP contribution >= 0.6 is 34.7 Å². The summed E-state index contributed by atoms with van der Waals surface area (Å²) in [4.78, 5) is 39.9. The van der Waals surface area contributed by atoms with Crippen LogP contribution in [0.5, 0.6) is 0 Å². The Morgan fingerprint density at radius 3 is 2.39 bits per heavy atom. The van der Waals surface area contributed by atoms with E-state index in [1.807, 2.05) is 42.6 Å². The first-order chi connectivity index (χ1) is 22.3. The molecule has 0 spiro atoms. The highest BCUT2D eigenvalue weighted by molar-refractivity contribution is 8.00. The first-order valence-corrected chi connectivity index (χ1v) is 16.3. The number of aryl methyl sites for hydroxylation is 1. The number of rotatable bonds is 10. The SMILES string of the molecule is Cc1ccc(-c2csc(NC(=O)CSc3cccc(NC(=O)/C(=C\c4ccccc4Cl)NC(=O)c4ccccc4)c3)c2C#N)cc1. The van der Waals surface area contributed by atoms with Crippen LogP contribution in [0.4, 0.5) is 10.7 Å². The summed E-state index contributed by atoms with van der Waals surface area (Å²) >= 11 is 8.93. The molecular weight excluding hydrogens is 636 g/mol. The normalized spacial score (nSPS) is 10.9. The molecule has 7 nitrogen and oxygen atoms in total. The molecule has 4 aromatic carbocycles. The molecule has 0 radical (unpaired) electrons. The fraction of sp³-hybridized carbons (Fsp3) is 0.0556. The standard InChI is InChI=1S/C36H27ClN4O3S2/c1-23-14-16-24(17-15-23)30-21-46-36(29(30)20-38)41-33(42)22-45-28-12-7-11-27(19-28)39-35(44)32(18-26-10-5-6-13-31(26)37)40-34(43)25-8-3-2-4-9-25/h2-19,21H,22H2,1H3,(H,39,44)(H,40,43)(H,41,42)/b32-18+. The maximum Gasteiger partial charge on any atom is 0.272 e. The Morgan fingerprint density at radius 1 is 0.913 bits per heavy atom. The summed E-state index contributed by atoms with van der Waals surface area (Å²) in [6.45, 7) is 2.00. The minimum Gasteiger partial charge on any atom is -0.321 e. The molecule has 0 aliphatic heterocycles. The predicted octanol–water partition coefficient (Wildman–Crippen LogP) is 8.39. The molecule has 0 fully saturated rings. The minimum atomic E-state index is -0.546. The van der Waals surface area contributed by atoms with Crippen LogP contribution in [0, 0.1) is 18.3 Å². The molecule has 0 atom stereocenters. The first-order valence-electron chi connectivity index (χ1n) is 14.1. The van der Waals surface area contributed by atoms with Crippen molar-refractivity contribution in [3.8, 4) is 17.2 Å². The third-order valence-corrected chi connectivity index (χ3v) is 8.95. The maximum atomic E-state index is 13.4. The van der Waals surface area contributed by atoms with Gasteiger partial charge in [0.15, 0.2) is 0 Å². The van der Waals surface area contributed by atoms with Gasteiger partial charge in [-0.2, -0.15) is 5.26 Å². The van der Waals surface area contributed by atoms with Crippen molar-refractivity contribution in [3.05, 3.63) is 141 Å². The number of hydrogen-bond donors (Lipinski definition) is 3. The van der Waals surface area contributed by atoms with Gasteiger partial charge < -0.3 is 16.0 Å². The van der Waals surface area contributed by atoms with Crippen molar-refractivity contribution in [2.45, 2.75) is 11.8 Å². The van der Waals surface area contributed by atoms with Gasteiger partial charge in [-0.05, 0) is 60.5 Å². The summed E-state index contributed by atoms with van der Waals surface area (Å²) in [5.74, 6) is -1.16. The highest BCUT2D eigenvalue weighted by atomic mass is 35.5. The number of halogens is 1. The average molecular weight is 663 g/mol. The van der Waals surface area contributed by atoms with E-state index in [4.69, 9.17) is 11.6 Å². The zero-order chi connectivity index (χ0) is 32.5. The van der Waals surface area contributed by atoms with Crippen LogP contribution in [-0.4, -0.2) is 23.5 Å². The van der Waals surface area contributed by atoms with Crippen LogP contribution in [0.1, 0.15) is 27.0 Å². The second-order valence-corrected chi connectivity index (χ2v) is 12.4. The van der Waals surface area contributed by atoms with Gasteiger partial charge in [0.2, 0.25) is 5.91 Å². The lowest BCUT2D eigenvalue weighted by Gasteiger charge is -2.12. The number of hydrogen-bond acceptors (Lipinski definition) is 6. The molecule has 5 aromatic rings. The third-order valence-electron chi connectivity index (χ3n) is 6.71.